The minimum atomic E-state index is 0.363. The van der Waals surface area contributed by atoms with Crippen molar-refractivity contribution in [3.05, 3.63) is 52.5 Å². The van der Waals surface area contributed by atoms with E-state index in [2.05, 4.69) is 62.0 Å². The molecule has 2 rings (SSSR count). The van der Waals surface area contributed by atoms with Crippen molar-refractivity contribution in [2.75, 3.05) is 6.54 Å². The Kier molecular flexibility index (Phi) is 4.55. The van der Waals surface area contributed by atoms with Gasteiger partial charge in [0.25, 0.3) is 0 Å². The highest BCUT2D eigenvalue weighted by Crippen LogP contribution is 2.16. The van der Waals surface area contributed by atoms with Gasteiger partial charge in [-0.05, 0) is 31.5 Å². The molecule has 2 aromatic rings. The number of aryl methyl sites for hydroxylation is 1. The number of nitrogens with one attached hydrogen (secondary N) is 1. The van der Waals surface area contributed by atoms with Crippen LogP contribution in [0.1, 0.15) is 24.4 Å². The fraction of sp³-hybridized carbons (Fsp3) is 0.357. The molecular formula is C14H18BrN3. The number of imidazole rings is 1. The van der Waals surface area contributed by atoms with Crippen LogP contribution >= 0.6 is 15.9 Å². The third kappa shape index (κ3) is 3.43. The van der Waals surface area contributed by atoms with Gasteiger partial charge in [0.1, 0.15) is 5.82 Å². The topological polar surface area (TPSA) is 29.9 Å². The number of benzene rings is 1. The number of halogens is 1. The average molecular weight is 308 g/mol. The van der Waals surface area contributed by atoms with Crippen molar-refractivity contribution in [1.82, 2.24) is 14.9 Å². The second kappa shape index (κ2) is 6.16. The molecule has 1 aromatic carbocycles. The van der Waals surface area contributed by atoms with Gasteiger partial charge in [0, 0.05) is 36.0 Å². The maximum atomic E-state index is 4.21. The Hall–Kier alpha value is -1.13. The van der Waals surface area contributed by atoms with E-state index < -0.39 is 0 Å². The highest BCUT2D eigenvalue weighted by molar-refractivity contribution is 9.10. The minimum Gasteiger partial charge on any atom is -0.334 e. The first-order chi connectivity index (χ1) is 8.66. The molecule has 0 radical (unpaired) electrons. The van der Waals surface area contributed by atoms with Crippen LogP contribution in [0.4, 0.5) is 0 Å². The number of hydrogen-bond acceptors (Lipinski definition) is 2. The van der Waals surface area contributed by atoms with Crippen molar-refractivity contribution in [3.8, 4) is 0 Å². The van der Waals surface area contributed by atoms with Gasteiger partial charge in [0.2, 0.25) is 0 Å². The zero-order chi connectivity index (χ0) is 13.0. The van der Waals surface area contributed by atoms with E-state index in [1.165, 1.54) is 5.56 Å². The zero-order valence-corrected chi connectivity index (χ0v) is 12.3. The fourth-order valence-electron chi connectivity index (χ4n) is 1.91. The molecule has 3 nitrogen and oxygen atoms in total. The van der Waals surface area contributed by atoms with Crippen molar-refractivity contribution in [2.24, 2.45) is 0 Å². The Morgan fingerprint density at radius 1 is 1.33 bits per heavy atom. The number of hydrogen-bond donors (Lipinski definition) is 1. The molecule has 0 amide bonds. The van der Waals surface area contributed by atoms with Gasteiger partial charge < -0.3 is 9.88 Å². The standard InChI is InChI=1S/C14H18BrN3/c1-11(13-3-5-14(15)6-4-13)16-7-9-18-10-8-17-12(18)2/h3-6,8,10-11,16H,7,9H2,1-2H3/t11-/m1/s1. The lowest BCUT2D eigenvalue weighted by molar-refractivity contribution is 0.526. The van der Waals surface area contributed by atoms with Gasteiger partial charge in [0.05, 0.1) is 0 Å². The molecule has 0 saturated heterocycles. The first-order valence-electron chi connectivity index (χ1n) is 6.13. The number of rotatable bonds is 5. The first kappa shape index (κ1) is 13.3. The molecule has 1 heterocycles. The van der Waals surface area contributed by atoms with Crippen molar-refractivity contribution >= 4 is 15.9 Å². The summed E-state index contributed by atoms with van der Waals surface area (Å²) in [4.78, 5) is 4.21. The number of nitrogens with zero attached hydrogens (tertiary/aromatic N) is 2. The van der Waals surface area contributed by atoms with E-state index in [1.54, 1.807) is 0 Å². The highest BCUT2D eigenvalue weighted by Gasteiger charge is 2.04. The van der Waals surface area contributed by atoms with Crippen molar-refractivity contribution < 1.29 is 0 Å². The third-order valence-electron chi connectivity index (χ3n) is 3.10. The molecular weight excluding hydrogens is 290 g/mol. The Morgan fingerprint density at radius 2 is 2.06 bits per heavy atom. The van der Waals surface area contributed by atoms with Crippen LogP contribution in [0.5, 0.6) is 0 Å². The Balaban J connectivity index is 1.83. The van der Waals surface area contributed by atoms with Crippen LogP contribution in [-0.4, -0.2) is 16.1 Å². The Labute approximate surface area is 116 Å². The lowest BCUT2D eigenvalue weighted by Gasteiger charge is -2.15. The largest absolute Gasteiger partial charge is 0.334 e. The molecule has 1 aromatic heterocycles. The predicted molar refractivity (Wildman–Crippen MR) is 77.5 cm³/mol. The number of aromatic nitrogens is 2. The maximum Gasteiger partial charge on any atom is 0.105 e. The van der Waals surface area contributed by atoms with E-state index in [4.69, 9.17) is 0 Å². The molecule has 0 aliphatic heterocycles. The van der Waals surface area contributed by atoms with Crippen molar-refractivity contribution in [1.29, 1.82) is 0 Å². The molecule has 0 bridgehead atoms. The summed E-state index contributed by atoms with van der Waals surface area (Å²) in [6, 6.07) is 8.80. The van der Waals surface area contributed by atoms with Crippen LogP contribution in [0.15, 0.2) is 41.1 Å². The molecule has 96 valence electrons. The molecule has 0 saturated carbocycles. The summed E-state index contributed by atoms with van der Waals surface area (Å²) in [6.45, 7) is 6.10. The van der Waals surface area contributed by atoms with Gasteiger partial charge >= 0.3 is 0 Å². The van der Waals surface area contributed by atoms with Crippen molar-refractivity contribution in [2.45, 2.75) is 26.4 Å². The predicted octanol–water partition coefficient (Wildman–Crippen LogP) is 3.30. The molecule has 18 heavy (non-hydrogen) atoms. The SMILES string of the molecule is Cc1nccn1CCN[C@H](C)c1ccc(Br)cc1. The van der Waals surface area contributed by atoms with E-state index in [0.717, 1.165) is 23.4 Å². The molecule has 0 fully saturated rings. The summed E-state index contributed by atoms with van der Waals surface area (Å²) in [5.41, 5.74) is 1.31. The van der Waals surface area contributed by atoms with Gasteiger partial charge in [-0.25, -0.2) is 4.98 Å². The molecule has 0 unspecified atom stereocenters. The summed E-state index contributed by atoms with van der Waals surface area (Å²) in [7, 11) is 0. The third-order valence-corrected chi connectivity index (χ3v) is 3.63. The molecule has 0 aliphatic carbocycles. The monoisotopic (exact) mass is 307 g/mol. The molecule has 4 heteroatoms. The van der Waals surface area contributed by atoms with Gasteiger partial charge in [0.15, 0.2) is 0 Å². The summed E-state index contributed by atoms with van der Waals surface area (Å²) < 4.78 is 3.27. The summed E-state index contributed by atoms with van der Waals surface area (Å²) in [6.07, 6.45) is 3.86. The normalized spacial score (nSPS) is 12.6. The summed E-state index contributed by atoms with van der Waals surface area (Å²) in [5, 5.41) is 3.52. The molecule has 1 N–H and O–H groups in total. The van der Waals surface area contributed by atoms with Crippen LogP contribution in [-0.2, 0) is 6.54 Å². The summed E-state index contributed by atoms with van der Waals surface area (Å²) >= 11 is 3.45. The Bertz CT molecular complexity index is 490. The van der Waals surface area contributed by atoms with Gasteiger partial charge in [-0.1, -0.05) is 28.1 Å². The van der Waals surface area contributed by atoms with E-state index in [1.807, 2.05) is 19.3 Å². The lowest BCUT2D eigenvalue weighted by atomic mass is 10.1. The van der Waals surface area contributed by atoms with Gasteiger partial charge in [-0.3, -0.25) is 0 Å². The van der Waals surface area contributed by atoms with E-state index >= 15 is 0 Å². The van der Waals surface area contributed by atoms with Crippen LogP contribution < -0.4 is 5.32 Å². The van der Waals surface area contributed by atoms with Crippen LogP contribution in [0.25, 0.3) is 0 Å². The second-order valence-electron chi connectivity index (χ2n) is 4.40. The highest BCUT2D eigenvalue weighted by atomic mass is 79.9. The van der Waals surface area contributed by atoms with Crippen LogP contribution in [0, 0.1) is 6.92 Å². The van der Waals surface area contributed by atoms with Crippen LogP contribution in [0.2, 0.25) is 0 Å². The first-order valence-corrected chi connectivity index (χ1v) is 6.92. The fourth-order valence-corrected chi connectivity index (χ4v) is 2.18. The van der Waals surface area contributed by atoms with E-state index in [9.17, 15) is 0 Å². The van der Waals surface area contributed by atoms with Crippen molar-refractivity contribution in [3.63, 3.8) is 0 Å². The molecule has 1 atom stereocenters. The quantitative estimate of drug-likeness (QED) is 0.918. The average Bonchev–Trinajstić information content (AvgIpc) is 2.76. The summed E-state index contributed by atoms with van der Waals surface area (Å²) in [5.74, 6) is 1.06. The van der Waals surface area contributed by atoms with Crippen LogP contribution in [0.3, 0.4) is 0 Å². The Morgan fingerprint density at radius 3 is 2.67 bits per heavy atom. The zero-order valence-electron chi connectivity index (χ0n) is 10.7. The minimum absolute atomic E-state index is 0.363. The molecule has 0 aliphatic rings. The van der Waals surface area contributed by atoms with E-state index in [0.29, 0.717) is 6.04 Å². The van der Waals surface area contributed by atoms with Gasteiger partial charge in [-0.2, -0.15) is 0 Å². The second-order valence-corrected chi connectivity index (χ2v) is 5.31. The lowest BCUT2D eigenvalue weighted by Crippen LogP contribution is -2.23. The van der Waals surface area contributed by atoms with Gasteiger partial charge in [-0.15, -0.1) is 0 Å². The maximum absolute atomic E-state index is 4.21. The smallest absolute Gasteiger partial charge is 0.105 e. The van der Waals surface area contributed by atoms with E-state index in [-0.39, 0.29) is 0 Å². The molecule has 0 spiro atoms.